The highest BCUT2D eigenvalue weighted by Gasteiger charge is 2.26. The van der Waals surface area contributed by atoms with Gasteiger partial charge in [-0.1, -0.05) is 13.8 Å². The number of nitrogens with one attached hydrogen (secondary N) is 1. The van der Waals surface area contributed by atoms with E-state index in [0.717, 1.165) is 31.2 Å². The Kier molecular flexibility index (Phi) is 6.43. The number of rotatable bonds is 8. The molecular weight excluding hydrogens is 266 g/mol. The molecule has 1 fully saturated rings. The third-order valence-corrected chi connectivity index (χ3v) is 5.59. The Hall–Kier alpha value is -0.480. The molecule has 2 heterocycles. The van der Waals surface area contributed by atoms with Crippen molar-refractivity contribution in [2.45, 2.75) is 70.7 Å². The monoisotopic (exact) mass is 295 g/mol. The van der Waals surface area contributed by atoms with Crippen LogP contribution in [-0.2, 0) is 19.4 Å². The Morgan fingerprint density at radius 3 is 2.90 bits per heavy atom. The number of thioether (sulfide) groups is 1. The van der Waals surface area contributed by atoms with Crippen molar-refractivity contribution in [1.29, 1.82) is 0 Å². The van der Waals surface area contributed by atoms with Crippen molar-refractivity contribution in [3.05, 3.63) is 17.5 Å². The third-order valence-electron chi connectivity index (χ3n) is 4.07. The minimum Gasteiger partial charge on any atom is -0.312 e. The maximum absolute atomic E-state index is 4.69. The summed E-state index contributed by atoms with van der Waals surface area (Å²) in [5.41, 5.74) is 2.64. The van der Waals surface area contributed by atoms with E-state index in [2.05, 4.69) is 53.7 Å². The molecule has 0 amide bonds. The smallest absolute Gasteiger partial charge is 0.0624 e. The second kappa shape index (κ2) is 8.08. The van der Waals surface area contributed by atoms with Crippen molar-refractivity contribution in [2.24, 2.45) is 0 Å². The lowest BCUT2D eigenvalue weighted by Crippen LogP contribution is -2.40. The molecule has 114 valence electrons. The Morgan fingerprint density at radius 2 is 2.30 bits per heavy atom. The molecule has 1 aliphatic rings. The van der Waals surface area contributed by atoms with Crippen LogP contribution in [0.1, 0.15) is 51.4 Å². The fourth-order valence-electron chi connectivity index (χ4n) is 2.94. The molecule has 1 aliphatic heterocycles. The second-order valence-electron chi connectivity index (χ2n) is 5.61. The van der Waals surface area contributed by atoms with Crippen LogP contribution in [0.25, 0.3) is 0 Å². The zero-order valence-corrected chi connectivity index (χ0v) is 14.0. The molecule has 4 heteroatoms. The summed E-state index contributed by atoms with van der Waals surface area (Å²) < 4.78 is 2.19. The highest BCUT2D eigenvalue weighted by atomic mass is 32.2. The lowest BCUT2D eigenvalue weighted by atomic mass is 10.0. The van der Waals surface area contributed by atoms with Gasteiger partial charge in [-0.15, -0.1) is 0 Å². The first-order chi connectivity index (χ1) is 9.78. The molecule has 0 saturated carbocycles. The molecule has 3 nitrogen and oxygen atoms in total. The van der Waals surface area contributed by atoms with Crippen LogP contribution in [0.4, 0.5) is 0 Å². The van der Waals surface area contributed by atoms with E-state index in [-0.39, 0.29) is 0 Å². The molecule has 1 aromatic rings. The number of hydrogen-bond donors (Lipinski definition) is 1. The summed E-state index contributed by atoms with van der Waals surface area (Å²) in [5, 5.41) is 9.25. The van der Waals surface area contributed by atoms with Crippen LogP contribution >= 0.6 is 11.8 Å². The van der Waals surface area contributed by atoms with E-state index in [1.54, 1.807) is 0 Å². The highest BCUT2D eigenvalue weighted by molar-refractivity contribution is 8.00. The van der Waals surface area contributed by atoms with Gasteiger partial charge in [-0.05, 0) is 51.0 Å². The molecule has 0 aromatic carbocycles. The minimum atomic E-state index is 0.606. The Balaban J connectivity index is 2.07. The van der Waals surface area contributed by atoms with Crippen LogP contribution < -0.4 is 5.32 Å². The van der Waals surface area contributed by atoms with Gasteiger partial charge < -0.3 is 5.32 Å². The molecule has 1 N–H and O–H groups in total. The van der Waals surface area contributed by atoms with E-state index in [4.69, 9.17) is 0 Å². The van der Waals surface area contributed by atoms with Crippen LogP contribution in [0.15, 0.2) is 6.07 Å². The number of aryl methyl sites for hydroxylation is 2. The van der Waals surface area contributed by atoms with Crippen LogP contribution in [0.3, 0.4) is 0 Å². The molecule has 0 aliphatic carbocycles. The summed E-state index contributed by atoms with van der Waals surface area (Å²) in [4.78, 5) is 0. The van der Waals surface area contributed by atoms with Gasteiger partial charge in [0.15, 0.2) is 0 Å². The summed E-state index contributed by atoms with van der Waals surface area (Å²) in [5.74, 6) is 1.34. The SMILES string of the molecule is CCCNC(Cc1cc(CC)nn1CC)C1CCCS1. The topological polar surface area (TPSA) is 29.9 Å². The summed E-state index contributed by atoms with van der Waals surface area (Å²) in [6.45, 7) is 8.73. The summed E-state index contributed by atoms with van der Waals surface area (Å²) >= 11 is 2.15. The zero-order valence-electron chi connectivity index (χ0n) is 13.2. The number of aromatic nitrogens is 2. The molecule has 2 unspecified atom stereocenters. The van der Waals surface area contributed by atoms with Crippen molar-refractivity contribution in [2.75, 3.05) is 12.3 Å². The Bertz CT molecular complexity index is 396. The average Bonchev–Trinajstić information content (AvgIpc) is 3.12. The fourth-order valence-corrected chi connectivity index (χ4v) is 4.33. The van der Waals surface area contributed by atoms with E-state index < -0.39 is 0 Å². The van der Waals surface area contributed by atoms with Crippen LogP contribution in [0, 0.1) is 0 Å². The zero-order chi connectivity index (χ0) is 14.4. The first-order valence-electron chi connectivity index (χ1n) is 8.19. The lowest BCUT2D eigenvalue weighted by molar-refractivity contribution is 0.465. The van der Waals surface area contributed by atoms with E-state index in [9.17, 15) is 0 Å². The van der Waals surface area contributed by atoms with Gasteiger partial charge in [0.1, 0.15) is 0 Å². The van der Waals surface area contributed by atoms with E-state index >= 15 is 0 Å². The van der Waals surface area contributed by atoms with E-state index in [1.807, 2.05) is 0 Å². The number of hydrogen-bond acceptors (Lipinski definition) is 3. The van der Waals surface area contributed by atoms with Crippen LogP contribution in [0.2, 0.25) is 0 Å². The summed E-state index contributed by atoms with van der Waals surface area (Å²) in [6, 6.07) is 2.91. The quantitative estimate of drug-likeness (QED) is 0.798. The first-order valence-corrected chi connectivity index (χ1v) is 9.23. The van der Waals surface area contributed by atoms with Gasteiger partial charge in [0.2, 0.25) is 0 Å². The van der Waals surface area contributed by atoms with E-state index in [1.165, 1.54) is 36.4 Å². The molecular formula is C16H29N3S. The summed E-state index contributed by atoms with van der Waals surface area (Å²) in [7, 11) is 0. The van der Waals surface area contributed by atoms with Gasteiger partial charge in [0, 0.05) is 30.0 Å². The van der Waals surface area contributed by atoms with Gasteiger partial charge in [-0.2, -0.15) is 16.9 Å². The minimum absolute atomic E-state index is 0.606. The van der Waals surface area contributed by atoms with E-state index in [0.29, 0.717) is 6.04 Å². The normalized spacial score (nSPS) is 20.4. The summed E-state index contributed by atoms with van der Waals surface area (Å²) in [6.07, 6.45) is 6.12. The van der Waals surface area contributed by atoms with Crippen LogP contribution in [0.5, 0.6) is 0 Å². The van der Waals surface area contributed by atoms with Crippen molar-refractivity contribution < 1.29 is 0 Å². The first kappa shape index (κ1) is 15.9. The molecule has 2 rings (SSSR count). The maximum Gasteiger partial charge on any atom is 0.0624 e. The van der Waals surface area contributed by atoms with Gasteiger partial charge in [-0.3, -0.25) is 4.68 Å². The Labute approximate surface area is 127 Å². The lowest BCUT2D eigenvalue weighted by Gasteiger charge is -2.24. The standard InChI is InChI=1S/C16H29N3S/c1-4-9-17-15(16-8-7-10-20-16)12-14-11-13(5-2)18-19(14)6-3/h11,15-17H,4-10,12H2,1-3H3. The molecule has 0 spiro atoms. The van der Waals surface area contributed by atoms with Crippen LogP contribution in [-0.4, -0.2) is 33.4 Å². The maximum atomic E-state index is 4.69. The van der Waals surface area contributed by atoms with Crippen molar-refractivity contribution in [1.82, 2.24) is 15.1 Å². The highest BCUT2D eigenvalue weighted by Crippen LogP contribution is 2.30. The van der Waals surface area contributed by atoms with Gasteiger partial charge >= 0.3 is 0 Å². The van der Waals surface area contributed by atoms with Crippen molar-refractivity contribution in [3.8, 4) is 0 Å². The van der Waals surface area contributed by atoms with Gasteiger partial charge in [0.25, 0.3) is 0 Å². The third kappa shape index (κ3) is 4.01. The molecule has 1 saturated heterocycles. The average molecular weight is 295 g/mol. The molecule has 1 aromatic heterocycles. The number of nitrogens with zero attached hydrogens (tertiary/aromatic N) is 2. The van der Waals surface area contributed by atoms with Gasteiger partial charge in [0.05, 0.1) is 5.69 Å². The van der Waals surface area contributed by atoms with Crippen molar-refractivity contribution >= 4 is 11.8 Å². The predicted molar refractivity (Wildman–Crippen MR) is 88.5 cm³/mol. The molecule has 2 atom stereocenters. The second-order valence-corrected chi connectivity index (χ2v) is 6.96. The largest absolute Gasteiger partial charge is 0.312 e. The predicted octanol–water partition coefficient (Wildman–Crippen LogP) is 3.27. The van der Waals surface area contributed by atoms with Gasteiger partial charge in [-0.25, -0.2) is 0 Å². The molecule has 20 heavy (non-hydrogen) atoms. The molecule has 0 bridgehead atoms. The fraction of sp³-hybridized carbons (Fsp3) is 0.812. The van der Waals surface area contributed by atoms with Crippen molar-refractivity contribution in [3.63, 3.8) is 0 Å². The molecule has 0 radical (unpaired) electrons. The Morgan fingerprint density at radius 1 is 1.45 bits per heavy atom.